The third-order valence-corrected chi connectivity index (χ3v) is 31.8. The number of ether oxygens (including phenoxy) is 2. The number of esters is 1. The van der Waals surface area contributed by atoms with E-state index in [4.69, 9.17) is 22.8 Å². The highest BCUT2D eigenvalue weighted by Crippen LogP contribution is 2.67. The van der Waals surface area contributed by atoms with E-state index in [1.807, 2.05) is 0 Å². The van der Waals surface area contributed by atoms with Crippen LogP contribution >= 0.6 is 0 Å². The average Bonchev–Trinajstić information content (AvgIpc) is 3.58. The normalized spacial score (nSPS) is 30.9. The van der Waals surface area contributed by atoms with Crippen LogP contribution in [0.1, 0.15) is 155 Å². The Kier molecular flexibility index (Phi) is 17.9. The van der Waals surface area contributed by atoms with Gasteiger partial charge in [-0.1, -0.05) is 119 Å². The van der Waals surface area contributed by atoms with Crippen molar-refractivity contribution in [1.82, 2.24) is 0 Å². The molecule has 0 N–H and O–H groups in total. The van der Waals surface area contributed by atoms with Crippen molar-refractivity contribution in [2.45, 2.75) is 234 Å². The molecule has 3 fully saturated rings. The Bertz CT molecular complexity index is 1360. The van der Waals surface area contributed by atoms with Gasteiger partial charge in [0.15, 0.2) is 25.0 Å². The number of carbonyl (C=O) groups is 1. The van der Waals surface area contributed by atoms with Crippen LogP contribution in [0.3, 0.4) is 0 Å². The van der Waals surface area contributed by atoms with Crippen molar-refractivity contribution in [3.8, 4) is 0 Å². The van der Waals surface area contributed by atoms with Crippen molar-refractivity contribution < 1.29 is 27.5 Å². The van der Waals surface area contributed by atoms with E-state index < -0.39 is 25.0 Å². The lowest BCUT2D eigenvalue weighted by Gasteiger charge is -2.61. The molecule has 0 bridgehead atoms. The molecule has 9 atom stereocenters. The van der Waals surface area contributed by atoms with Crippen LogP contribution in [-0.4, -0.2) is 68.0 Å². The highest BCUT2D eigenvalue weighted by molar-refractivity contribution is 6.74. The van der Waals surface area contributed by atoms with Crippen molar-refractivity contribution in [2.24, 2.45) is 34.5 Å². The Hall–Kier alpha value is -0.559. The van der Waals surface area contributed by atoms with Crippen LogP contribution in [-0.2, 0) is 27.5 Å². The number of hydrogen-bond donors (Lipinski definition) is 0. The Labute approximate surface area is 361 Å². The zero-order chi connectivity index (χ0) is 43.2. The molecule has 4 aliphatic rings. The fourth-order valence-corrected chi connectivity index (χ4v) is 22.1. The number of rotatable bonds is 24. The molecule has 4 rings (SSSR count). The van der Waals surface area contributed by atoms with E-state index >= 15 is 0 Å². The molecule has 0 aliphatic heterocycles. The smallest absolute Gasteiger partial charge is 0.302 e. The Morgan fingerprint density at radius 3 is 1.90 bits per heavy atom. The topological polar surface area (TPSA) is 63.2 Å². The average molecular weight is 862 g/mol. The fourth-order valence-electron chi connectivity index (χ4n) is 13.1. The summed E-state index contributed by atoms with van der Waals surface area (Å²) < 4.78 is 34.9. The Balaban J connectivity index is 1.67. The van der Waals surface area contributed by atoms with E-state index in [2.05, 4.69) is 109 Å². The standard InChI is InChI=1S/C49H92O6Si3/c1-16-56(17-2,18-3)53-44-36-39-27-28-40-42-30-29-41(37(10)26-25-32-47(12,13)55-58(22-7,23-8)24-9)48(42,14)33-31-43(40)49(39,15)46(54-57(19-4,20-5)21-6)45(44)52-35-34-51-38(11)50/h27-28,37,41-46H,16-26,29-36H2,1-15H3/t37-,41-,42+,43+,44-,45-,46+,48-,49+/m1/s1. The summed E-state index contributed by atoms with van der Waals surface area (Å²) in [6.45, 7) is 35.8. The summed E-state index contributed by atoms with van der Waals surface area (Å²) >= 11 is 0. The largest absolute Gasteiger partial charge is 0.463 e. The number of carbonyl (C=O) groups excluding carboxylic acids is 1. The molecular weight excluding hydrogens is 769 g/mol. The van der Waals surface area contributed by atoms with Gasteiger partial charge in [0.05, 0.1) is 24.4 Å². The van der Waals surface area contributed by atoms with Crippen molar-refractivity contribution in [2.75, 3.05) is 13.2 Å². The summed E-state index contributed by atoms with van der Waals surface area (Å²) in [5.41, 5.74) is 3.34. The minimum Gasteiger partial charge on any atom is -0.463 e. The van der Waals surface area contributed by atoms with E-state index in [0.29, 0.717) is 29.8 Å². The van der Waals surface area contributed by atoms with Gasteiger partial charge >= 0.3 is 5.97 Å². The quantitative estimate of drug-likeness (QED) is 0.0547. The monoisotopic (exact) mass is 861 g/mol. The predicted octanol–water partition coefficient (Wildman–Crippen LogP) is 14.0. The van der Waals surface area contributed by atoms with Gasteiger partial charge in [-0.25, -0.2) is 0 Å². The van der Waals surface area contributed by atoms with Gasteiger partial charge in [-0.15, -0.1) is 0 Å². The third kappa shape index (κ3) is 10.3. The second-order valence-electron chi connectivity index (χ2n) is 20.5. The SMILES string of the molecule is CC[Si](CC)(CC)O[C@@H]1CC2=CC=C3[C@@H]4CC[C@H]([C@H](C)CCCC(C)(C)O[Si](CC)(CC)CC)[C@@]4(C)CC[C@@H]3[C@@]2(C)[C@@H](O[Si](CC)(CC)CC)[C@@H]1OCCOC(C)=O. The first kappa shape index (κ1) is 50.1. The molecular formula is C49H92O6Si3. The number of allylic oxidation sites excluding steroid dienone is 3. The minimum absolute atomic E-state index is 0.0354. The van der Waals surface area contributed by atoms with Gasteiger partial charge in [-0.05, 0) is 136 Å². The maximum absolute atomic E-state index is 11.8. The van der Waals surface area contributed by atoms with E-state index in [1.54, 1.807) is 5.57 Å². The van der Waals surface area contributed by atoms with Crippen molar-refractivity contribution in [3.63, 3.8) is 0 Å². The van der Waals surface area contributed by atoms with Crippen LogP contribution in [0.15, 0.2) is 23.3 Å². The van der Waals surface area contributed by atoms with Gasteiger partial charge in [0.1, 0.15) is 12.7 Å². The second kappa shape index (κ2) is 20.7. The molecule has 3 saturated carbocycles. The summed E-state index contributed by atoms with van der Waals surface area (Å²) in [6, 6.07) is 10.3. The summed E-state index contributed by atoms with van der Waals surface area (Å²) in [4.78, 5) is 11.8. The first-order chi connectivity index (χ1) is 27.4. The molecule has 4 aliphatic carbocycles. The first-order valence-corrected chi connectivity index (χ1v) is 32.2. The molecule has 0 aromatic rings. The summed E-state index contributed by atoms with van der Waals surface area (Å²) in [5, 5.41) is 0. The summed E-state index contributed by atoms with van der Waals surface area (Å²) in [5.74, 6) is 2.25. The zero-order valence-electron chi connectivity index (χ0n) is 40.6. The molecule has 0 amide bonds. The lowest BCUT2D eigenvalue weighted by atomic mass is 9.49. The lowest BCUT2D eigenvalue weighted by Crippen LogP contribution is -2.64. The maximum atomic E-state index is 11.8. The van der Waals surface area contributed by atoms with E-state index in [9.17, 15) is 4.79 Å². The number of fused-ring (bicyclic) bond motifs is 5. The fraction of sp³-hybridized carbons (Fsp3) is 0.898. The molecule has 6 nitrogen and oxygen atoms in total. The Morgan fingerprint density at radius 1 is 0.776 bits per heavy atom. The van der Waals surface area contributed by atoms with Gasteiger partial charge < -0.3 is 22.8 Å². The van der Waals surface area contributed by atoms with Crippen LogP contribution in [0.5, 0.6) is 0 Å². The van der Waals surface area contributed by atoms with Crippen LogP contribution in [0.2, 0.25) is 54.4 Å². The molecule has 336 valence electrons. The summed E-state index contributed by atoms with van der Waals surface area (Å²) in [7, 11) is -5.70. The van der Waals surface area contributed by atoms with E-state index in [1.165, 1.54) is 69.2 Å². The third-order valence-electron chi connectivity index (χ3n) is 17.6. The van der Waals surface area contributed by atoms with Crippen LogP contribution in [0, 0.1) is 34.5 Å². The molecule has 0 heterocycles. The van der Waals surface area contributed by atoms with Gasteiger partial charge in [0.2, 0.25) is 0 Å². The van der Waals surface area contributed by atoms with Crippen molar-refractivity contribution >= 4 is 30.9 Å². The van der Waals surface area contributed by atoms with Crippen LogP contribution < -0.4 is 0 Å². The molecule has 0 saturated heterocycles. The predicted molar refractivity (Wildman–Crippen MR) is 252 cm³/mol. The Morgan fingerprint density at radius 2 is 1.34 bits per heavy atom. The maximum Gasteiger partial charge on any atom is 0.302 e. The zero-order valence-corrected chi connectivity index (χ0v) is 43.6. The van der Waals surface area contributed by atoms with Crippen LogP contribution in [0.4, 0.5) is 0 Å². The number of hydrogen-bond acceptors (Lipinski definition) is 6. The van der Waals surface area contributed by atoms with Crippen LogP contribution in [0.25, 0.3) is 0 Å². The lowest BCUT2D eigenvalue weighted by molar-refractivity contribution is -0.162. The summed E-state index contributed by atoms with van der Waals surface area (Å²) in [6.07, 6.45) is 14.5. The second-order valence-corrected chi connectivity index (χ2v) is 34.6. The first-order valence-electron chi connectivity index (χ1n) is 24.6. The minimum atomic E-state index is -2.08. The molecule has 0 aromatic heterocycles. The molecule has 9 heteroatoms. The van der Waals surface area contributed by atoms with Crippen molar-refractivity contribution in [1.29, 1.82) is 0 Å². The van der Waals surface area contributed by atoms with E-state index in [0.717, 1.165) is 55.0 Å². The highest BCUT2D eigenvalue weighted by atomic mass is 28.4. The van der Waals surface area contributed by atoms with Gasteiger partial charge in [-0.2, -0.15) is 0 Å². The highest BCUT2D eigenvalue weighted by Gasteiger charge is 2.63. The van der Waals surface area contributed by atoms with Gasteiger partial charge in [0, 0.05) is 12.3 Å². The molecule has 0 spiro atoms. The molecule has 0 unspecified atom stereocenters. The van der Waals surface area contributed by atoms with Crippen molar-refractivity contribution in [3.05, 3.63) is 23.3 Å². The van der Waals surface area contributed by atoms with E-state index in [-0.39, 0.29) is 41.9 Å². The molecule has 0 aromatic carbocycles. The molecule has 0 radical (unpaired) electrons. The van der Waals surface area contributed by atoms with Gasteiger partial charge in [0.25, 0.3) is 0 Å². The molecule has 58 heavy (non-hydrogen) atoms. The van der Waals surface area contributed by atoms with Gasteiger partial charge in [-0.3, -0.25) is 4.79 Å².